The van der Waals surface area contributed by atoms with Crippen LogP contribution >= 0.6 is 0 Å². The largest absolute Gasteiger partial charge is 0.493 e. The van der Waals surface area contributed by atoms with E-state index in [0.29, 0.717) is 28.3 Å². The summed E-state index contributed by atoms with van der Waals surface area (Å²) >= 11 is 0. The monoisotopic (exact) mass is 421 g/mol. The molecule has 1 atom stereocenters. The van der Waals surface area contributed by atoms with Crippen LogP contribution in [0.2, 0.25) is 0 Å². The van der Waals surface area contributed by atoms with Crippen molar-refractivity contribution < 1.29 is 18.3 Å². The van der Waals surface area contributed by atoms with E-state index in [1.807, 2.05) is 45.0 Å². The number of benzene rings is 2. The van der Waals surface area contributed by atoms with Crippen molar-refractivity contribution in [2.24, 2.45) is 0 Å². The maximum atomic E-state index is 13.3. The van der Waals surface area contributed by atoms with Crippen LogP contribution in [0.25, 0.3) is 16.7 Å². The molecule has 0 spiro atoms. The van der Waals surface area contributed by atoms with Crippen molar-refractivity contribution in [1.82, 2.24) is 15.1 Å². The number of methoxy groups -OCH3 is 1. The number of ether oxygens (including phenoxy) is 1. The molecular formula is C24H24FN3O3. The Balaban J connectivity index is 1.62. The molecule has 2 heterocycles. The number of carbonyl (C=O) groups is 1. The number of nitrogens with one attached hydrogen (secondary N) is 1. The van der Waals surface area contributed by atoms with Crippen LogP contribution in [-0.4, -0.2) is 22.8 Å². The Morgan fingerprint density at radius 3 is 2.58 bits per heavy atom. The number of fused-ring (bicyclic) bond motifs is 1. The zero-order valence-corrected chi connectivity index (χ0v) is 17.8. The van der Waals surface area contributed by atoms with Gasteiger partial charge in [0.25, 0.3) is 5.91 Å². The number of amides is 1. The standard InChI is InChI=1S/C24H24FN3O3/c1-14(2)22-19(13-26-28(22)18-10-8-17(25)9-11-18)24(29)27-15(3)21-12-16-6-5-7-20(30-4)23(16)31-21/h5-15H,1-4H3,(H,27,29). The van der Waals surface area contributed by atoms with Gasteiger partial charge in [0.05, 0.1) is 36.3 Å². The van der Waals surface area contributed by atoms with Crippen LogP contribution in [0.5, 0.6) is 5.75 Å². The predicted octanol–water partition coefficient (Wildman–Crippen LogP) is 5.38. The first-order valence-corrected chi connectivity index (χ1v) is 10.1. The zero-order valence-electron chi connectivity index (χ0n) is 17.8. The fourth-order valence-corrected chi connectivity index (χ4v) is 3.65. The number of rotatable bonds is 6. The van der Waals surface area contributed by atoms with Crippen molar-refractivity contribution in [1.29, 1.82) is 0 Å². The van der Waals surface area contributed by atoms with Gasteiger partial charge in [-0.25, -0.2) is 9.07 Å². The highest BCUT2D eigenvalue weighted by Gasteiger charge is 2.23. The highest BCUT2D eigenvalue weighted by Crippen LogP contribution is 2.31. The van der Waals surface area contributed by atoms with Gasteiger partial charge in [-0.05, 0) is 49.2 Å². The second kappa shape index (κ2) is 8.26. The summed E-state index contributed by atoms with van der Waals surface area (Å²) in [5.41, 5.74) is 2.57. The van der Waals surface area contributed by atoms with Gasteiger partial charge in [-0.3, -0.25) is 4.79 Å². The quantitative estimate of drug-likeness (QED) is 0.454. The normalized spacial score (nSPS) is 12.3. The highest BCUT2D eigenvalue weighted by molar-refractivity contribution is 5.95. The third kappa shape index (κ3) is 3.91. The van der Waals surface area contributed by atoms with Gasteiger partial charge in [-0.1, -0.05) is 26.0 Å². The molecule has 0 fully saturated rings. The molecule has 2 aromatic heterocycles. The number of hydrogen-bond donors (Lipinski definition) is 1. The van der Waals surface area contributed by atoms with Crippen LogP contribution in [0, 0.1) is 5.82 Å². The third-order valence-corrected chi connectivity index (χ3v) is 5.19. The third-order valence-electron chi connectivity index (χ3n) is 5.19. The van der Waals surface area contributed by atoms with Crippen molar-refractivity contribution in [3.63, 3.8) is 0 Å². The van der Waals surface area contributed by atoms with E-state index in [0.717, 1.165) is 11.1 Å². The average molecular weight is 421 g/mol. The zero-order chi connectivity index (χ0) is 22.1. The first-order chi connectivity index (χ1) is 14.9. The van der Waals surface area contributed by atoms with Gasteiger partial charge >= 0.3 is 0 Å². The second-order valence-corrected chi connectivity index (χ2v) is 7.71. The van der Waals surface area contributed by atoms with Gasteiger partial charge in [-0.15, -0.1) is 0 Å². The van der Waals surface area contributed by atoms with Crippen molar-refractivity contribution in [2.75, 3.05) is 7.11 Å². The molecule has 0 radical (unpaired) electrons. The molecule has 2 aromatic carbocycles. The fourth-order valence-electron chi connectivity index (χ4n) is 3.65. The summed E-state index contributed by atoms with van der Waals surface area (Å²) < 4.78 is 26.3. The number of furan rings is 1. The molecule has 1 N–H and O–H groups in total. The Morgan fingerprint density at radius 2 is 1.90 bits per heavy atom. The number of nitrogens with zero attached hydrogens (tertiary/aromatic N) is 2. The van der Waals surface area contributed by atoms with Crippen molar-refractivity contribution >= 4 is 16.9 Å². The number of aromatic nitrogens is 2. The molecule has 0 aliphatic carbocycles. The molecule has 0 aliphatic heterocycles. The average Bonchev–Trinajstić information content (AvgIpc) is 3.39. The molecule has 7 heteroatoms. The number of hydrogen-bond acceptors (Lipinski definition) is 4. The maximum Gasteiger partial charge on any atom is 0.255 e. The predicted molar refractivity (Wildman–Crippen MR) is 116 cm³/mol. The molecule has 4 aromatic rings. The lowest BCUT2D eigenvalue weighted by molar-refractivity contribution is 0.0934. The molecule has 1 unspecified atom stereocenters. The topological polar surface area (TPSA) is 69.3 Å². The van der Waals surface area contributed by atoms with Crippen LogP contribution in [0.1, 0.15) is 54.5 Å². The maximum absolute atomic E-state index is 13.3. The van der Waals surface area contributed by atoms with E-state index < -0.39 is 0 Å². The summed E-state index contributed by atoms with van der Waals surface area (Å²) in [6.07, 6.45) is 1.54. The van der Waals surface area contributed by atoms with Gasteiger partial charge in [-0.2, -0.15) is 5.10 Å². The lowest BCUT2D eigenvalue weighted by atomic mass is 10.0. The van der Waals surface area contributed by atoms with E-state index in [9.17, 15) is 9.18 Å². The first-order valence-electron chi connectivity index (χ1n) is 10.1. The molecule has 0 aliphatic rings. The Labute approximate surface area is 179 Å². The molecule has 6 nitrogen and oxygen atoms in total. The molecule has 1 amide bonds. The van der Waals surface area contributed by atoms with Gasteiger partial charge in [0.1, 0.15) is 11.6 Å². The minimum absolute atomic E-state index is 0.0269. The minimum atomic E-state index is -0.362. The molecule has 0 bridgehead atoms. The number of carbonyl (C=O) groups excluding carboxylic acids is 1. The van der Waals surface area contributed by atoms with Crippen molar-refractivity contribution in [3.8, 4) is 11.4 Å². The van der Waals surface area contributed by atoms with E-state index in [1.165, 1.54) is 12.1 Å². The van der Waals surface area contributed by atoms with Crippen LogP contribution in [0.15, 0.2) is 59.1 Å². The molecule has 0 saturated heterocycles. The lowest BCUT2D eigenvalue weighted by Crippen LogP contribution is -2.27. The SMILES string of the molecule is COc1cccc2cc(C(C)NC(=O)c3cnn(-c4ccc(F)cc4)c3C(C)C)oc12. The van der Waals surface area contributed by atoms with Crippen LogP contribution < -0.4 is 10.1 Å². The summed E-state index contributed by atoms with van der Waals surface area (Å²) in [7, 11) is 1.59. The fraction of sp³-hybridized carbons (Fsp3) is 0.250. The Bertz CT molecular complexity index is 1220. The van der Waals surface area contributed by atoms with Crippen molar-refractivity contribution in [3.05, 3.63) is 77.6 Å². The number of halogens is 1. The Morgan fingerprint density at radius 1 is 1.16 bits per heavy atom. The minimum Gasteiger partial charge on any atom is -0.493 e. The molecular weight excluding hydrogens is 397 g/mol. The van der Waals surface area contributed by atoms with Gasteiger partial charge in [0.15, 0.2) is 11.3 Å². The summed E-state index contributed by atoms with van der Waals surface area (Å²) in [6.45, 7) is 5.84. The van der Waals surface area contributed by atoms with Gasteiger partial charge < -0.3 is 14.5 Å². The van der Waals surface area contributed by atoms with Gasteiger partial charge in [0.2, 0.25) is 0 Å². The van der Waals surface area contributed by atoms with E-state index in [1.54, 1.807) is 30.1 Å². The van der Waals surface area contributed by atoms with Crippen LogP contribution in [-0.2, 0) is 0 Å². The summed E-state index contributed by atoms with van der Waals surface area (Å²) in [6, 6.07) is 13.2. The van der Waals surface area contributed by atoms with Gasteiger partial charge in [0, 0.05) is 5.39 Å². The first kappa shape index (κ1) is 20.7. The highest BCUT2D eigenvalue weighted by atomic mass is 19.1. The summed E-state index contributed by atoms with van der Waals surface area (Å²) in [4.78, 5) is 13.1. The Hall–Kier alpha value is -3.61. The van der Waals surface area contributed by atoms with Crippen LogP contribution in [0.3, 0.4) is 0 Å². The second-order valence-electron chi connectivity index (χ2n) is 7.71. The summed E-state index contributed by atoms with van der Waals surface area (Å²) in [5.74, 6) is 0.724. The molecule has 0 saturated carbocycles. The number of para-hydroxylation sites is 1. The smallest absolute Gasteiger partial charge is 0.255 e. The lowest BCUT2D eigenvalue weighted by Gasteiger charge is -2.15. The van der Waals surface area contributed by atoms with E-state index in [-0.39, 0.29) is 23.7 Å². The van der Waals surface area contributed by atoms with E-state index in [2.05, 4.69) is 10.4 Å². The van der Waals surface area contributed by atoms with E-state index >= 15 is 0 Å². The molecule has 4 rings (SSSR count). The van der Waals surface area contributed by atoms with E-state index in [4.69, 9.17) is 9.15 Å². The molecule has 160 valence electrons. The molecule has 31 heavy (non-hydrogen) atoms. The van der Waals surface area contributed by atoms with Crippen LogP contribution in [0.4, 0.5) is 4.39 Å². The summed E-state index contributed by atoms with van der Waals surface area (Å²) in [5, 5.41) is 8.29. The Kier molecular flexibility index (Phi) is 5.50. The van der Waals surface area contributed by atoms with Crippen molar-refractivity contribution in [2.45, 2.75) is 32.7 Å².